The Morgan fingerprint density at radius 3 is 2.22 bits per heavy atom. The maximum absolute atomic E-state index is 12.5. The number of benzene rings is 2. The molecule has 27 heavy (non-hydrogen) atoms. The molecule has 0 heterocycles. The van der Waals surface area contributed by atoms with Crippen molar-refractivity contribution in [3.63, 3.8) is 0 Å². The first-order valence-corrected chi connectivity index (χ1v) is 10.8. The zero-order valence-corrected chi connectivity index (χ0v) is 17.1. The molecule has 2 aromatic carbocycles. The summed E-state index contributed by atoms with van der Waals surface area (Å²) < 4.78 is 3.61. The summed E-state index contributed by atoms with van der Waals surface area (Å²) in [4.78, 5) is 12.5. The van der Waals surface area contributed by atoms with E-state index < -0.39 is 0 Å². The summed E-state index contributed by atoms with van der Waals surface area (Å²) in [6.45, 7) is 5.47. The minimum absolute atomic E-state index is 0.0761. The van der Waals surface area contributed by atoms with Gasteiger partial charge in [0.2, 0.25) is 0 Å². The van der Waals surface area contributed by atoms with Gasteiger partial charge >= 0.3 is 0 Å². The molecule has 1 saturated carbocycles. The Kier molecular flexibility index (Phi) is 7.36. The summed E-state index contributed by atoms with van der Waals surface area (Å²) in [6, 6.07) is 18.0. The number of nitrogens with one attached hydrogen (secondary N) is 2. The Morgan fingerprint density at radius 1 is 0.963 bits per heavy atom. The molecule has 3 rings (SSSR count). The van der Waals surface area contributed by atoms with Gasteiger partial charge < -0.3 is 5.32 Å². The van der Waals surface area contributed by atoms with E-state index in [2.05, 4.69) is 23.9 Å². The molecule has 2 aromatic rings. The zero-order chi connectivity index (χ0) is 19.1. The molecule has 0 aromatic heterocycles. The first-order chi connectivity index (χ1) is 13.1. The molecule has 0 radical (unpaired) electrons. The van der Waals surface area contributed by atoms with Crippen LogP contribution in [0.5, 0.6) is 0 Å². The second kappa shape index (κ2) is 9.95. The second-order valence-corrected chi connectivity index (χ2v) is 9.07. The van der Waals surface area contributed by atoms with Gasteiger partial charge in [0.25, 0.3) is 0 Å². The number of anilines is 1. The van der Waals surface area contributed by atoms with Crippen LogP contribution in [0.1, 0.15) is 55.5 Å². The van der Waals surface area contributed by atoms with Crippen molar-refractivity contribution >= 4 is 23.4 Å². The van der Waals surface area contributed by atoms with Gasteiger partial charge in [-0.05, 0) is 55.9 Å². The van der Waals surface area contributed by atoms with Crippen LogP contribution >= 0.6 is 11.9 Å². The topological polar surface area (TPSA) is 41.1 Å². The number of carbonyl (C=O) groups excluding carboxylic acids is 1. The van der Waals surface area contributed by atoms with Crippen LogP contribution in [0.2, 0.25) is 0 Å². The lowest BCUT2D eigenvalue weighted by molar-refractivity contribution is 0.103. The Morgan fingerprint density at radius 2 is 1.59 bits per heavy atom. The lowest BCUT2D eigenvalue weighted by atomic mass is 9.86. The monoisotopic (exact) mass is 382 g/mol. The van der Waals surface area contributed by atoms with Crippen LogP contribution in [0.4, 0.5) is 5.69 Å². The van der Waals surface area contributed by atoms with Gasteiger partial charge in [-0.15, -0.1) is 0 Å². The number of rotatable bonds is 8. The maximum atomic E-state index is 12.5. The van der Waals surface area contributed by atoms with E-state index >= 15 is 0 Å². The Balaban J connectivity index is 1.44. The fourth-order valence-corrected chi connectivity index (χ4v) is 4.17. The van der Waals surface area contributed by atoms with Crippen LogP contribution in [0, 0.1) is 5.92 Å². The fourth-order valence-electron chi connectivity index (χ4n) is 3.47. The highest BCUT2D eigenvalue weighted by Gasteiger charge is 2.21. The molecule has 0 unspecified atom stereocenters. The summed E-state index contributed by atoms with van der Waals surface area (Å²) in [6.07, 6.45) is 5.06. The molecule has 0 aliphatic heterocycles. The SMILES string of the molecule is CC(C)SN[C@H]1CC[C@H](CNc2ccc(C(=O)c3ccccc3)cc2)CC1. The number of hydrogen-bond donors (Lipinski definition) is 2. The summed E-state index contributed by atoms with van der Waals surface area (Å²) in [7, 11) is 0. The van der Waals surface area contributed by atoms with Gasteiger partial charge in [-0.25, -0.2) is 0 Å². The molecule has 3 nitrogen and oxygen atoms in total. The third kappa shape index (κ3) is 6.12. The third-order valence-electron chi connectivity index (χ3n) is 5.10. The molecular formula is C23H30N2OS. The standard InChI is InChI=1S/C23H30N2OS/c1-17(2)27-25-22-12-8-18(9-13-22)16-24-21-14-10-20(11-15-21)23(26)19-6-4-3-5-7-19/h3-7,10-11,14-15,17-18,22,24-25H,8-9,12-13,16H2,1-2H3/t18-,22-. The van der Waals surface area contributed by atoms with Gasteiger partial charge in [-0.1, -0.05) is 56.1 Å². The van der Waals surface area contributed by atoms with E-state index in [0.29, 0.717) is 11.3 Å². The Bertz CT molecular complexity index is 707. The van der Waals surface area contributed by atoms with Crippen LogP contribution in [0.25, 0.3) is 0 Å². The molecule has 0 bridgehead atoms. The summed E-state index contributed by atoms with van der Waals surface area (Å²) in [5, 5.41) is 4.19. The van der Waals surface area contributed by atoms with E-state index in [1.807, 2.05) is 66.5 Å². The van der Waals surface area contributed by atoms with Crippen LogP contribution in [0.15, 0.2) is 54.6 Å². The van der Waals surface area contributed by atoms with Gasteiger partial charge in [-0.3, -0.25) is 9.52 Å². The highest BCUT2D eigenvalue weighted by atomic mass is 32.2. The van der Waals surface area contributed by atoms with Crippen LogP contribution < -0.4 is 10.0 Å². The largest absolute Gasteiger partial charge is 0.385 e. The molecule has 144 valence electrons. The van der Waals surface area contributed by atoms with E-state index in [4.69, 9.17) is 0 Å². The van der Waals surface area contributed by atoms with E-state index in [1.54, 1.807) is 0 Å². The Hall–Kier alpha value is -1.78. The smallest absolute Gasteiger partial charge is 0.193 e. The molecule has 0 amide bonds. The molecule has 2 N–H and O–H groups in total. The lowest BCUT2D eigenvalue weighted by Crippen LogP contribution is -2.31. The van der Waals surface area contributed by atoms with Gasteiger partial charge in [0.05, 0.1) is 0 Å². The maximum Gasteiger partial charge on any atom is 0.193 e. The predicted octanol–water partition coefficient (Wildman–Crippen LogP) is 5.53. The average Bonchev–Trinajstić information content (AvgIpc) is 2.72. The summed E-state index contributed by atoms with van der Waals surface area (Å²) >= 11 is 1.86. The number of carbonyl (C=O) groups is 1. The van der Waals surface area contributed by atoms with E-state index in [1.165, 1.54) is 25.7 Å². The number of hydrogen-bond acceptors (Lipinski definition) is 4. The molecule has 4 heteroatoms. The molecule has 1 fully saturated rings. The van der Waals surface area contributed by atoms with Crippen molar-refractivity contribution < 1.29 is 4.79 Å². The normalized spacial score (nSPS) is 19.8. The third-order valence-corrected chi connectivity index (χ3v) is 6.04. The van der Waals surface area contributed by atoms with E-state index in [0.717, 1.165) is 29.3 Å². The highest BCUT2D eigenvalue weighted by Crippen LogP contribution is 2.26. The van der Waals surface area contributed by atoms with Crippen molar-refractivity contribution in [2.45, 2.75) is 50.8 Å². The molecule has 0 atom stereocenters. The summed E-state index contributed by atoms with van der Waals surface area (Å²) in [5.41, 5.74) is 2.57. The van der Waals surface area contributed by atoms with Gasteiger partial charge in [-0.2, -0.15) is 0 Å². The van der Waals surface area contributed by atoms with Gasteiger partial charge in [0, 0.05) is 34.7 Å². The fraction of sp³-hybridized carbons (Fsp3) is 0.435. The minimum atomic E-state index is 0.0761. The molecule has 1 aliphatic carbocycles. The number of ketones is 1. The van der Waals surface area contributed by atoms with E-state index in [9.17, 15) is 4.79 Å². The van der Waals surface area contributed by atoms with Crippen molar-refractivity contribution in [3.8, 4) is 0 Å². The van der Waals surface area contributed by atoms with Crippen molar-refractivity contribution in [2.24, 2.45) is 5.92 Å². The minimum Gasteiger partial charge on any atom is -0.385 e. The zero-order valence-electron chi connectivity index (χ0n) is 16.3. The highest BCUT2D eigenvalue weighted by molar-refractivity contribution is 7.98. The molecule has 0 saturated heterocycles. The van der Waals surface area contributed by atoms with Gasteiger partial charge in [0.1, 0.15) is 0 Å². The lowest BCUT2D eigenvalue weighted by Gasteiger charge is -2.29. The molecule has 0 spiro atoms. The van der Waals surface area contributed by atoms with E-state index in [-0.39, 0.29) is 5.78 Å². The first-order valence-electron chi connectivity index (χ1n) is 9.96. The quantitative estimate of drug-likeness (QED) is 0.465. The first kappa shape index (κ1) is 20.0. The molecular weight excluding hydrogens is 352 g/mol. The predicted molar refractivity (Wildman–Crippen MR) is 116 cm³/mol. The molecule has 1 aliphatic rings. The van der Waals surface area contributed by atoms with Gasteiger partial charge in [0.15, 0.2) is 5.78 Å². The Labute approximate surface area is 167 Å². The van der Waals surface area contributed by atoms with Crippen LogP contribution in [-0.4, -0.2) is 23.6 Å². The second-order valence-electron chi connectivity index (χ2n) is 7.66. The van der Waals surface area contributed by atoms with Crippen molar-refractivity contribution in [1.29, 1.82) is 0 Å². The van der Waals surface area contributed by atoms with Crippen molar-refractivity contribution in [3.05, 3.63) is 65.7 Å². The average molecular weight is 383 g/mol. The van der Waals surface area contributed by atoms with Crippen molar-refractivity contribution in [2.75, 3.05) is 11.9 Å². The van der Waals surface area contributed by atoms with Crippen molar-refractivity contribution in [1.82, 2.24) is 4.72 Å². The van der Waals surface area contributed by atoms with Crippen LogP contribution in [0.3, 0.4) is 0 Å². The van der Waals surface area contributed by atoms with Crippen LogP contribution in [-0.2, 0) is 0 Å². The summed E-state index contributed by atoms with van der Waals surface area (Å²) in [5.74, 6) is 0.810.